The first kappa shape index (κ1) is 11.0. The number of hydrogen-bond donors (Lipinski definition) is 2. The molecule has 1 fully saturated rings. The van der Waals surface area contributed by atoms with Gasteiger partial charge in [0.05, 0.1) is 5.60 Å². The normalized spacial score (nSPS) is 21.5. The first-order valence-corrected chi connectivity index (χ1v) is 5.26. The van der Waals surface area contributed by atoms with E-state index >= 15 is 0 Å². The summed E-state index contributed by atoms with van der Waals surface area (Å²) >= 11 is 0. The van der Waals surface area contributed by atoms with Crippen molar-refractivity contribution in [2.24, 2.45) is 0 Å². The quantitative estimate of drug-likeness (QED) is 0.599. The van der Waals surface area contributed by atoms with Crippen molar-refractivity contribution < 1.29 is 10.2 Å². The maximum Gasteiger partial charge on any atom is 0.0897 e. The summed E-state index contributed by atoms with van der Waals surface area (Å²) in [5, 5.41) is 18.3. The molecule has 3 heteroatoms. The van der Waals surface area contributed by atoms with Gasteiger partial charge in [0, 0.05) is 19.7 Å². The lowest BCUT2D eigenvalue weighted by Crippen LogP contribution is -2.61. The molecular formula is C10H21NO2. The highest BCUT2D eigenvalue weighted by molar-refractivity contribution is 4.93. The van der Waals surface area contributed by atoms with E-state index in [0.29, 0.717) is 6.61 Å². The van der Waals surface area contributed by atoms with Gasteiger partial charge < -0.3 is 10.2 Å². The van der Waals surface area contributed by atoms with Crippen molar-refractivity contribution in [2.75, 3.05) is 26.2 Å². The Labute approximate surface area is 80.4 Å². The Bertz CT molecular complexity index is 144. The van der Waals surface area contributed by atoms with E-state index in [1.54, 1.807) is 0 Å². The van der Waals surface area contributed by atoms with Gasteiger partial charge >= 0.3 is 0 Å². The second-order valence-electron chi connectivity index (χ2n) is 4.07. The first-order valence-electron chi connectivity index (χ1n) is 5.26. The number of aliphatic hydroxyl groups is 2. The van der Waals surface area contributed by atoms with Gasteiger partial charge in [-0.2, -0.15) is 0 Å². The smallest absolute Gasteiger partial charge is 0.0897 e. The van der Waals surface area contributed by atoms with Crippen molar-refractivity contribution in [1.82, 2.24) is 4.90 Å². The topological polar surface area (TPSA) is 43.7 Å². The maximum absolute atomic E-state index is 9.71. The number of aliphatic hydroxyl groups excluding tert-OH is 1. The predicted octanol–water partition coefficient (Wildman–Crippen LogP) is 0.606. The van der Waals surface area contributed by atoms with Crippen molar-refractivity contribution in [2.45, 2.75) is 38.2 Å². The number of rotatable bonds is 6. The van der Waals surface area contributed by atoms with E-state index in [1.807, 2.05) is 6.92 Å². The Kier molecular flexibility index (Phi) is 4.16. The summed E-state index contributed by atoms with van der Waals surface area (Å²) in [5.41, 5.74) is -0.392. The van der Waals surface area contributed by atoms with Crippen molar-refractivity contribution in [3.63, 3.8) is 0 Å². The zero-order valence-corrected chi connectivity index (χ0v) is 8.50. The Morgan fingerprint density at radius 2 is 1.92 bits per heavy atom. The zero-order valence-electron chi connectivity index (χ0n) is 8.50. The molecule has 1 heterocycles. The van der Waals surface area contributed by atoms with E-state index in [1.165, 1.54) is 0 Å². The minimum atomic E-state index is -0.392. The number of β-amino-alcohol motifs (C(OH)–C–C–N with tert-alkyl or cyclic N) is 1. The Hall–Kier alpha value is -0.120. The summed E-state index contributed by atoms with van der Waals surface area (Å²) in [6.45, 7) is 5.08. The molecular weight excluding hydrogens is 166 g/mol. The van der Waals surface area contributed by atoms with Gasteiger partial charge in [0.15, 0.2) is 0 Å². The van der Waals surface area contributed by atoms with Crippen LogP contribution < -0.4 is 0 Å². The van der Waals surface area contributed by atoms with Crippen LogP contribution in [0.2, 0.25) is 0 Å². The summed E-state index contributed by atoms with van der Waals surface area (Å²) in [6.07, 6.45) is 4.00. The summed E-state index contributed by atoms with van der Waals surface area (Å²) in [7, 11) is 0. The monoisotopic (exact) mass is 187 g/mol. The molecule has 1 rings (SSSR count). The van der Waals surface area contributed by atoms with Gasteiger partial charge in [-0.25, -0.2) is 0 Å². The Morgan fingerprint density at radius 1 is 1.23 bits per heavy atom. The highest BCUT2D eigenvalue weighted by Crippen LogP contribution is 2.23. The lowest BCUT2D eigenvalue weighted by atomic mass is 9.91. The minimum absolute atomic E-state index is 0.304. The van der Waals surface area contributed by atoms with E-state index in [2.05, 4.69) is 4.90 Å². The molecule has 0 aromatic rings. The third-order valence-electron chi connectivity index (χ3n) is 2.83. The molecule has 0 aromatic carbocycles. The van der Waals surface area contributed by atoms with E-state index in [-0.39, 0.29) is 0 Å². The molecule has 0 amide bonds. The molecule has 0 bridgehead atoms. The van der Waals surface area contributed by atoms with Gasteiger partial charge in [-0.3, -0.25) is 4.90 Å². The lowest BCUT2D eigenvalue weighted by molar-refractivity contribution is -0.0995. The fraction of sp³-hybridized carbons (Fsp3) is 1.00. The second kappa shape index (κ2) is 4.94. The molecule has 0 saturated carbocycles. The van der Waals surface area contributed by atoms with E-state index in [0.717, 1.165) is 45.3 Å². The number of unbranched alkanes of at least 4 members (excludes halogenated alkanes) is 2. The molecule has 78 valence electrons. The average molecular weight is 187 g/mol. The first-order chi connectivity index (χ1) is 6.20. The van der Waals surface area contributed by atoms with Crippen LogP contribution in [0.4, 0.5) is 0 Å². The van der Waals surface area contributed by atoms with Gasteiger partial charge in [-0.1, -0.05) is 6.92 Å². The molecule has 13 heavy (non-hydrogen) atoms. The summed E-state index contributed by atoms with van der Waals surface area (Å²) in [6, 6.07) is 0. The van der Waals surface area contributed by atoms with E-state index in [9.17, 15) is 5.11 Å². The maximum atomic E-state index is 9.71. The van der Waals surface area contributed by atoms with Gasteiger partial charge in [-0.05, 0) is 32.2 Å². The van der Waals surface area contributed by atoms with Crippen molar-refractivity contribution in [1.29, 1.82) is 0 Å². The van der Waals surface area contributed by atoms with Crippen LogP contribution in [0.25, 0.3) is 0 Å². The van der Waals surface area contributed by atoms with Crippen LogP contribution in [-0.4, -0.2) is 47.0 Å². The lowest BCUT2D eigenvalue weighted by Gasteiger charge is -2.46. The molecule has 0 aliphatic carbocycles. The van der Waals surface area contributed by atoms with Crippen LogP contribution in [0, 0.1) is 0 Å². The highest BCUT2D eigenvalue weighted by Gasteiger charge is 2.38. The molecule has 3 nitrogen and oxygen atoms in total. The summed E-state index contributed by atoms with van der Waals surface area (Å²) < 4.78 is 0. The molecule has 0 radical (unpaired) electrons. The third-order valence-corrected chi connectivity index (χ3v) is 2.83. The minimum Gasteiger partial charge on any atom is -0.396 e. The molecule has 1 saturated heterocycles. The fourth-order valence-corrected chi connectivity index (χ4v) is 1.79. The fourth-order valence-electron chi connectivity index (χ4n) is 1.79. The molecule has 1 aliphatic rings. The third kappa shape index (κ3) is 3.25. The number of likely N-dealkylation sites (tertiary alicyclic amines) is 1. The van der Waals surface area contributed by atoms with Crippen LogP contribution in [0.3, 0.4) is 0 Å². The van der Waals surface area contributed by atoms with Crippen LogP contribution >= 0.6 is 0 Å². The molecule has 0 unspecified atom stereocenters. The molecule has 0 atom stereocenters. The van der Waals surface area contributed by atoms with Gasteiger partial charge in [-0.15, -0.1) is 0 Å². The standard InChI is InChI=1S/C10H21NO2/c1-2-10(13)8-11(9-10)6-4-3-5-7-12/h12-13H,2-9H2,1H3. The van der Waals surface area contributed by atoms with Crippen molar-refractivity contribution in [3.8, 4) is 0 Å². The van der Waals surface area contributed by atoms with E-state index in [4.69, 9.17) is 5.11 Å². The van der Waals surface area contributed by atoms with Crippen molar-refractivity contribution in [3.05, 3.63) is 0 Å². The van der Waals surface area contributed by atoms with E-state index < -0.39 is 5.60 Å². The van der Waals surface area contributed by atoms with Crippen LogP contribution in [0.1, 0.15) is 32.6 Å². The van der Waals surface area contributed by atoms with Crippen molar-refractivity contribution >= 4 is 0 Å². The largest absolute Gasteiger partial charge is 0.396 e. The molecule has 0 spiro atoms. The second-order valence-corrected chi connectivity index (χ2v) is 4.07. The zero-order chi connectivity index (χ0) is 9.73. The molecule has 0 aromatic heterocycles. The summed E-state index contributed by atoms with van der Waals surface area (Å²) in [5.74, 6) is 0. The number of nitrogens with zero attached hydrogens (tertiary/aromatic N) is 1. The van der Waals surface area contributed by atoms with Crippen LogP contribution in [-0.2, 0) is 0 Å². The average Bonchev–Trinajstić information content (AvgIpc) is 2.08. The predicted molar refractivity (Wildman–Crippen MR) is 52.6 cm³/mol. The number of hydrogen-bond acceptors (Lipinski definition) is 3. The van der Waals surface area contributed by atoms with Crippen LogP contribution in [0.15, 0.2) is 0 Å². The molecule has 1 aliphatic heterocycles. The molecule has 2 N–H and O–H groups in total. The van der Waals surface area contributed by atoms with Gasteiger partial charge in [0.1, 0.15) is 0 Å². The summed E-state index contributed by atoms with van der Waals surface area (Å²) in [4.78, 5) is 2.28. The Morgan fingerprint density at radius 3 is 2.46 bits per heavy atom. The van der Waals surface area contributed by atoms with Crippen LogP contribution in [0.5, 0.6) is 0 Å². The Balaban J connectivity index is 1.96. The highest BCUT2D eigenvalue weighted by atomic mass is 16.3. The van der Waals surface area contributed by atoms with Gasteiger partial charge in [0.25, 0.3) is 0 Å². The van der Waals surface area contributed by atoms with Gasteiger partial charge in [0.2, 0.25) is 0 Å². The SMILES string of the molecule is CCC1(O)CN(CCCCCO)C1.